The van der Waals surface area contributed by atoms with Crippen LogP contribution in [-0.4, -0.2) is 35.6 Å². The number of rotatable bonds is 3. The topological polar surface area (TPSA) is 19.4 Å². The molecule has 22 heavy (non-hydrogen) atoms. The van der Waals surface area contributed by atoms with Crippen LogP contribution < -0.4 is 4.90 Å². The molecule has 0 spiro atoms. The first kappa shape index (κ1) is 15.5. The van der Waals surface area contributed by atoms with Crippen LogP contribution in [0.4, 0.5) is 5.82 Å². The molecule has 2 heterocycles. The standard InChI is InChI=1S/C18H22BrN3/c1-14-10-17(19)18(20-11-14)22-9-8-21(15(2)12-22)13-16-6-4-3-5-7-16/h3-7,10-11,15H,8-9,12-13H2,1-2H3. The average molecular weight is 360 g/mol. The molecule has 1 saturated heterocycles. The van der Waals surface area contributed by atoms with Crippen LogP contribution >= 0.6 is 15.9 Å². The summed E-state index contributed by atoms with van der Waals surface area (Å²) in [7, 11) is 0. The van der Waals surface area contributed by atoms with E-state index in [0.29, 0.717) is 6.04 Å². The van der Waals surface area contributed by atoms with Crippen LogP contribution in [0.15, 0.2) is 47.1 Å². The van der Waals surface area contributed by atoms with Crippen molar-refractivity contribution in [3.63, 3.8) is 0 Å². The molecule has 1 aromatic carbocycles. The lowest BCUT2D eigenvalue weighted by molar-refractivity contribution is 0.180. The van der Waals surface area contributed by atoms with E-state index in [4.69, 9.17) is 0 Å². The first-order chi connectivity index (χ1) is 10.6. The summed E-state index contributed by atoms with van der Waals surface area (Å²) in [6.45, 7) is 8.50. The van der Waals surface area contributed by atoms with Gasteiger partial charge in [0, 0.05) is 38.4 Å². The molecule has 3 nitrogen and oxygen atoms in total. The molecule has 0 amide bonds. The van der Waals surface area contributed by atoms with E-state index in [-0.39, 0.29) is 0 Å². The summed E-state index contributed by atoms with van der Waals surface area (Å²) in [5.74, 6) is 1.07. The number of benzene rings is 1. The normalized spacial score (nSPS) is 19.4. The highest BCUT2D eigenvalue weighted by Crippen LogP contribution is 2.27. The van der Waals surface area contributed by atoms with Gasteiger partial charge in [0.05, 0.1) is 4.47 Å². The van der Waals surface area contributed by atoms with E-state index >= 15 is 0 Å². The molecule has 1 aliphatic rings. The Kier molecular flexibility index (Phi) is 4.79. The molecule has 1 unspecified atom stereocenters. The Hall–Kier alpha value is -1.39. The number of pyridine rings is 1. The van der Waals surface area contributed by atoms with Crippen LogP contribution in [0.5, 0.6) is 0 Å². The van der Waals surface area contributed by atoms with Gasteiger partial charge in [0.1, 0.15) is 5.82 Å². The van der Waals surface area contributed by atoms with Crippen molar-refractivity contribution in [3.8, 4) is 0 Å². The molecule has 2 aromatic rings. The molecule has 116 valence electrons. The van der Waals surface area contributed by atoms with E-state index in [2.05, 4.69) is 81.0 Å². The lowest BCUT2D eigenvalue weighted by Gasteiger charge is -2.40. The van der Waals surface area contributed by atoms with Crippen molar-refractivity contribution >= 4 is 21.7 Å². The molecular formula is C18H22BrN3. The van der Waals surface area contributed by atoms with Crippen LogP contribution in [0.25, 0.3) is 0 Å². The third kappa shape index (κ3) is 3.50. The second-order valence-corrected chi connectivity index (χ2v) is 6.92. The summed E-state index contributed by atoms with van der Waals surface area (Å²) in [5, 5.41) is 0. The number of hydrogen-bond donors (Lipinski definition) is 0. The quantitative estimate of drug-likeness (QED) is 0.829. The van der Waals surface area contributed by atoms with Crippen LogP contribution in [-0.2, 0) is 6.54 Å². The van der Waals surface area contributed by atoms with E-state index in [0.717, 1.165) is 36.5 Å². The van der Waals surface area contributed by atoms with Crippen LogP contribution in [0.3, 0.4) is 0 Å². The fourth-order valence-electron chi connectivity index (χ4n) is 3.00. The Morgan fingerprint density at radius 1 is 1.23 bits per heavy atom. The van der Waals surface area contributed by atoms with Crippen molar-refractivity contribution in [2.45, 2.75) is 26.4 Å². The second kappa shape index (κ2) is 6.80. The van der Waals surface area contributed by atoms with E-state index < -0.39 is 0 Å². The molecule has 1 aromatic heterocycles. The molecule has 0 radical (unpaired) electrons. The lowest BCUT2D eigenvalue weighted by Crippen LogP contribution is -2.51. The Morgan fingerprint density at radius 3 is 2.68 bits per heavy atom. The van der Waals surface area contributed by atoms with Crippen molar-refractivity contribution in [2.75, 3.05) is 24.5 Å². The van der Waals surface area contributed by atoms with Gasteiger partial charge in [-0.15, -0.1) is 0 Å². The number of anilines is 1. The summed E-state index contributed by atoms with van der Waals surface area (Å²) in [6, 6.07) is 13.4. The largest absolute Gasteiger partial charge is 0.353 e. The Bertz CT molecular complexity index is 629. The van der Waals surface area contributed by atoms with Crippen molar-refractivity contribution < 1.29 is 0 Å². The highest BCUT2D eigenvalue weighted by molar-refractivity contribution is 9.10. The third-order valence-corrected chi connectivity index (χ3v) is 4.84. The summed E-state index contributed by atoms with van der Waals surface area (Å²) in [6.07, 6.45) is 1.95. The second-order valence-electron chi connectivity index (χ2n) is 6.07. The maximum Gasteiger partial charge on any atom is 0.142 e. The molecule has 4 heteroatoms. The van der Waals surface area contributed by atoms with Gasteiger partial charge in [0.15, 0.2) is 0 Å². The van der Waals surface area contributed by atoms with Crippen LogP contribution in [0.2, 0.25) is 0 Å². The van der Waals surface area contributed by atoms with Gasteiger partial charge < -0.3 is 4.90 Å². The first-order valence-corrected chi connectivity index (χ1v) is 8.58. The predicted octanol–water partition coefficient (Wildman–Crippen LogP) is 3.86. The Morgan fingerprint density at radius 2 is 2.00 bits per heavy atom. The molecule has 0 N–H and O–H groups in total. The van der Waals surface area contributed by atoms with Gasteiger partial charge in [0.25, 0.3) is 0 Å². The minimum atomic E-state index is 0.518. The summed E-state index contributed by atoms with van der Waals surface area (Å²) < 4.78 is 1.09. The summed E-state index contributed by atoms with van der Waals surface area (Å²) in [5.41, 5.74) is 2.57. The Balaban J connectivity index is 1.67. The molecule has 1 aliphatic heterocycles. The summed E-state index contributed by atoms with van der Waals surface area (Å²) >= 11 is 3.65. The van der Waals surface area contributed by atoms with Gasteiger partial charge in [-0.05, 0) is 47.0 Å². The first-order valence-electron chi connectivity index (χ1n) is 7.78. The molecule has 0 aliphatic carbocycles. The van der Waals surface area contributed by atoms with Gasteiger partial charge >= 0.3 is 0 Å². The fraction of sp³-hybridized carbons (Fsp3) is 0.389. The SMILES string of the molecule is Cc1cnc(N2CCN(Cc3ccccc3)C(C)C2)c(Br)c1. The van der Waals surface area contributed by atoms with E-state index in [1.54, 1.807) is 0 Å². The molecule has 0 saturated carbocycles. The molecule has 1 fully saturated rings. The molecule has 1 atom stereocenters. The Labute approximate surface area is 141 Å². The maximum absolute atomic E-state index is 4.61. The number of piperazine rings is 1. The van der Waals surface area contributed by atoms with E-state index in [1.165, 1.54) is 11.1 Å². The van der Waals surface area contributed by atoms with Gasteiger partial charge in [-0.1, -0.05) is 30.3 Å². The highest BCUT2D eigenvalue weighted by Gasteiger charge is 2.25. The number of aryl methyl sites for hydroxylation is 1. The van der Waals surface area contributed by atoms with Gasteiger partial charge in [-0.25, -0.2) is 4.98 Å². The number of halogens is 1. The molecular weight excluding hydrogens is 338 g/mol. The minimum Gasteiger partial charge on any atom is -0.353 e. The van der Waals surface area contributed by atoms with Gasteiger partial charge in [0.2, 0.25) is 0 Å². The molecule has 3 rings (SSSR count). The zero-order chi connectivity index (χ0) is 15.5. The molecule has 0 bridgehead atoms. The fourth-order valence-corrected chi connectivity index (χ4v) is 3.71. The van der Waals surface area contributed by atoms with Crippen molar-refractivity contribution in [1.82, 2.24) is 9.88 Å². The highest BCUT2D eigenvalue weighted by atomic mass is 79.9. The zero-order valence-corrected chi connectivity index (χ0v) is 14.8. The smallest absolute Gasteiger partial charge is 0.142 e. The van der Waals surface area contributed by atoms with Crippen LogP contribution in [0, 0.1) is 6.92 Å². The third-order valence-electron chi connectivity index (χ3n) is 4.25. The number of aromatic nitrogens is 1. The van der Waals surface area contributed by atoms with Crippen LogP contribution in [0.1, 0.15) is 18.1 Å². The maximum atomic E-state index is 4.61. The van der Waals surface area contributed by atoms with Crippen molar-refractivity contribution in [1.29, 1.82) is 0 Å². The average Bonchev–Trinajstić information content (AvgIpc) is 2.50. The van der Waals surface area contributed by atoms with Crippen molar-refractivity contribution in [2.24, 2.45) is 0 Å². The van der Waals surface area contributed by atoms with Gasteiger partial charge in [-0.3, -0.25) is 4.90 Å². The van der Waals surface area contributed by atoms with E-state index in [1.807, 2.05) is 6.20 Å². The van der Waals surface area contributed by atoms with E-state index in [9.17, 15) is 0 Å². The number of hydrogen-bond acceptors (Lipinski definition) is 3. The monoisotopic (exact) mass is 359 g/mol. The van der Waals surface area contributed by atoms with Gasteiger partial charge in [-0.2, -0.15) is 0 Å². The lowest BCUT2D eigenvalue weighted by atomic mass is 10.1. The van der Waals surface area contributed by atoms with Crippen molar-refractivity contribution in [3.05, 3.63) is 58.2 Å². The summed E-state index contributed by atoms with van der Waals surface area (Å²) in [4.78, 5) is 9.54. The predicted molar refractivity (Wildman–Crippen MR) is 95.2 cm³/mol. The number of nitrogens with zero attached hydrogens (tertiary/aromatic N) is 3. The minimum absolute atomic E-state index is 0.518. The zero-order valence-electron chi connectivity index (χ0n) is 13.2.